The van der Waals surface area contributed by atoms with Gasteiger partial charge in [-0.3, -0.25) is 4.79 Å². The summed E-state index contributed by atoms with van der Waals surface area (Å²) in [6.45, 7) is 0. The number of carboxylic acid groups (broad SMARTS) is 1. The summed E-state index contributed by atoms with van der Waals surface area (Å²) in [5.74, 6) is -0.509. The van der Waals surface area contributed by atoms with Gasteiger partial charge in [-0.05, 0) is 45.8 Å². The van der Waals surface area contributed by atoms with Crippen LogP contribution < -0.4 is 0 Å². The van der Waals surface area contributed by atoms with Gasteiger partial charge < -0.3 is 10.1 Å². The molecule has 70 valence electrons. The zero-order valence-corrected chi connectivity index (χ0v) is 8.60. The molecule has 0 bridgehead atoms. The van der Waals surface area contributed by atoms with E-state index in [0.29, 0.717) is 0 Å². The SMILES string of the molecule is O=C(O)CC1CCc2c1c[nH]c2Br. The van der Waals surface area contributed by atoms with Crippen molar-refractivity contribution in [2.75, 3.05) is 0 Å². The zero-order chi connectivity index (χ0) is 9.42. The second kappa shape index (κ2) is 3.18. The van der Waals surface area contributed by atoms with Crippen LogP contribution in [0.1, 0.15) is 29.9 Å². The van der Waals surface area contributed by atoms with Crippen molar-refractivity contribution < 1.29 is 9.90 Å². The van der Waals surface area contributed by atoms with Gasteiger partial charge in [0, 0.05) is 6.20 Å². The van der Waals surface area contributed by atoms with E-state index in [-0.39, 0.29) is 12.3 Å². The number of aromatic nitrogens is 1. The van der Waals surface area contributed by atoms with Gasteiger partial charge in [0.2, 0.25) is 0 Å². The van der Waals surface area contributed by atoms with Gasteiger partial charge in [-0.15, -0.1) is 0 Å². The molecule has 2 rings (SSSR count). The van der Waals surface area contributed by atoms with E-state index in [1.54, 1.807) is 0 Å². The molecule has 0 saturated heterocycles. The lowest BCUT2D eigenvalue weighted by molar-refractivity contribution is -0.137. The number of hydrogen-bond donors (Lipinski definition) is 2. The predicted octanol–water partition coefficient (Wildman–Crippen LogP) is 2.28. The van der Waals surface area contributed by atoms with Crippen molar-refractivity contribution in [1.29, 1.82) is 0 Å². The quantitative estimate of drug-likeness (QED) is 0.838. The first kappa shape index (κ1) is 8.81. The van der Waals surface area contributed by atoms with Gasteiger partial charge in [-0.25, -0.2) is 0 Å². The Morgan fingerprint density at radius 3 is 3.23 bits per heavy atom. The fourth-order valence-corrected chi connectivity index (χ4v) is 2.50. The van der Waals surface area contributed by atoms with Gasteiger partial charge in [0.25, 0.3) is 0 Å². The van der Waals surface area contributed by atoms with Gasteiger partial charge in [-0.1, -0.05) is 0 Å². The standard InChI is InChI=1S/C9H10BrNO2/c10-9-6-2-1-5(3-8(12)13)7(6)4-11-9/h4-5,11H,1-3H2,(H,12,13). The third-order valence-electron chi connectivity index (χ3n) is 2.57. The van der Waals surface area contributed by atoms with Crippen LogP contribution in [0.4, 0.5) is 0 Å². The summed E-state index contributed by atoms with van der Waals surface area (Å²) in [5.41, 5.74) is 2.43. The van der Waals surface area contributed by atoms with Gasteiger partial charge in [0.05, 0.1) is 11.0 Å². The summed E-state index contributed by atoms with van der Waals surface area (Å²) < 4.78 is 1.01. The molecule has 0 aliphatic heterocycles. The molecule has 1 unspecified atom stereocenters. The maximum atomic E-state index is 10.5. The molecular formula is C9H10BrNO2. The molecular weight excluding hydrogens is 234 g/mol. The summed E-state index contributed by atoms with van der Waals surface area (Å²) in [4.78, 5) is 13.6. The smallest absolute Gasteiger partial charge is 0.303 e. The third kappa shape index (κ3) is 1.50. The van der Waals surface area contributed by atoms with Crippen molar-refractivity contribution >= 4 is 21.9 Å². The first-order chi connectivity index (χ1) is 6.18. The van der Waals surface area contributed by atoms with Crippen LogP contribution in [0.15, 0.2) is 10.8 Å². The first-order valence-electron chi connectivity index (χ1n) is 4.26. The molecule has 2 N–H and O–H groups in total. The molecule has 1 atom stereocenters. The van der Waals surface area contributed by atoms with Crippen molar-refractivity contribution in [3.05, 3.63) is 21.9 Å². The van der Waals surface area contributed by atoms with Crippen LogP contribution in [-0.2, 0) is 11.2 Å². The lowest BCUT2D eigenvalue weighted by atomic mass is 10.0. The van der Waals surface area contributed by atoms with Gasteiger partial charge in [0.1, 0.15) is 0 Å². The molecule has 1 aromatic heterocycles. The highest BCUT2D eigenvalue weighted by molar-refractivity contribution is 9.10. The van der Waals surface area contributed by atoms with Gasteiger partial charge in [0.15, 0.2) is 0 Å². The number of nitrogens with one attached hydrogen (secondary N) is 1. The predicted molar refractivity (Wildman–Crippen MR) is 51.8 cm³/mol. The molecule has 0 fully saturated rings. The molecule has 1 aromatic rings. The topological polar surface area (TPSA) is 53.1 Å². The van der Waals surface area contributed by atoms with E-state index < -0.39 is 5.97 Å². The second-order valence-corrected chi connectivity index (χ2v) is 4.16. The Bertz CT molecular complexity index is 345. The third-order valence-corrected chi connectivity index (χ3v) is 3.28. The molecule has 4 heteroatoms. The number of rotatable bonds is 2. The molecule has 0 spiro atoms. The second-order valence-electron chi connectivity index (χ2n) is 3.37. The highest BCUT2D eigenvalue weighted by Gasteiger charge is 2.27. The molecule has 0 amide bonds. The summed E-state index contributed by atoms with van der Waals surface area (Å²) >= 11 is 3.41. The molecule has 1 heterocycles. The van der Waals surface area contributed by atoms with Crippen molar-refractivity contribution in [2.24, 2.45) is 0 Å². The number of carboxylic acids is 1. The van der Waals surface area contributed by atoms with E-state index >= 15 is 0 Å². The summed E-state index contributed by atoms with van der Waals surface area (Å²) in [6, 6.07) is 0. The maximum Gasteiger partial charge on any atom is 0.303 e. The Labute approximate surface area is 84.3 Å². The molecule has 13 heavy (non-hydrogen) atoms. The summed E-state index contributed by atoms with van der Waals surface area (Å²) in [6.07, 6.45) is 4.11. The maximum absolute atomic E-state index is 10.5. The summed E-state index contributed by atoms with van der Waals surface area (Å²) in [5, 5.41) is 8.68. The Kier molecular flexibility index (Phi) is 2.15. The minimum Gasteiger partial charge on any atom is -0.481 e. The normalized spacial score (nSPS) is 20.2. The van der Waals surface area contributed by atoms with Crippen LogP contribution in [0.3, 0.4) is 0 Å². The van der Waals surface area contributed by atoms with E-state index in [9.17, 15) is 4.79 Å². The number of carbonyl (C=O) groups is 1. The minimum absolute atomic E-state index is 0.204. The number of fused-ring (bicyclic) bond motifs is 1. The molecule has 3 nitrogen and oxygen atoms in total. The van der Waals surface area contributed by atoms with E-state index in [2.05, 4.69) is 20.9 Å². The molecule has 1 aliphatic rings. The lowest BCUT2D eigenvalue weighted by Crippen LogP contribution is -2.02. The van der Waals surface area contributed by atoms with Crippen molar-refractivity contribution in [1.82, 2.24) is 4.98 Å². The van der Waals surface area contributed by atoms with E-state index in [1.807, 2.05) is 6.20 Å². The fraction of sp³-hybridized carbons (Fsp3) is 0.444. The summed E-state index contributed by atoms with van der Waals surface area (Å²) in [7, 11) is 0. The van der Waals surface area contributed by atoms with Crippen molar-refractivity contribution in [3.8, 4) is 0 Å². The Hall–Kier alpha value is -0.770. The largest absolute Gasteiger partial charge is 0.481 e. The molecule has 0 saturated carbocycles. The van der Waals surface area contributed by atoms with Crippen LogP contribution in [0.25, 0.3) is 0 Å². The number of hydrogen-bond acceptors (Lipinski definition) is 1. The van der Waals surface area contributed by atoms with E-state index in [1.165, 1.54) is 11.1 Å². The number of halogens is 1. The molecule has 1 aliphatic carbocycles. The zero-order valence-electron chi connectivity index (χ0n) is 7.01. The van der Waals surface area contributed by atoms with Crippen LogP contribution in [0.5, 0.6) is 0 Å². The van der Waals surface area contributed by atoms with Crippen molar-refractivity contribution in [2.45, 2.75) is 25.2 Å². The van der Waals surface area contributed by atoms with Crippen LogP contribution in [0.2, 0.25) is 0 Å². The first-order valence-corrected chi connectivity index (χ1v) is 5.05. The van der Waals surface area contributed by atoms with E-state index in [4.69, 9.17) is 5.11 Å². The number of H-pyrrole nitrogens is 1. The van der Waals surface area contributed by atoms with Crippen LogP contribution in [-0.4, -0.2) is 16.1 Å². The highest BCUT2D eigenvalue weighted by Crippen LogP contribution is 2.38. The van der Waals surface area contributed by atoms with Gasteiger partial charge >= 0.3 is 5.97 Å². The molecule has 0 aromatic carbocycles. The Morgan fingerprint density at radius 1 is 1.77 bits per heavy atom. The Morgan fingerprint density at radius 2 is 2.54 bits per heavy atom. The Balaban J connectivity index is 2.23. The monoisotopic (exact) mass is 243 g/mol. The average Bonchev–Trinajstić information content (AvgIpc) is 2.56. The minimum atomic E-state index is -0.713. The van der Waals surface area contributed by atoms with Crippen LogP contribution >= 0.6 is 15.9 Å². The number of aromatic amines is 1. The van der Waals surface area contributed by atoms with Gasteiger partial charge in [-0.2, -0.15) is 0 Å². The van der Waals surface area contributed by atoms with Crippen molar-refractivity contribution in [3.63, 3.8) is 0 Å². The van der Waals surface area contributed by atoms with Crippen LogP contribution in [0, 0.1) is 0 Å². The average molecular weight is 244 g/mol. The molecule has 0 radical (unpaired) electrons. The highest BCUT2D eigenvalue weighted by atomic mass is 79.9. The lowest BCUT2D eigenvalue weighted by Gasteiger charge is -2.04. The van der Waals surface area contributed by atoms with E-state index in [0.717, 1.165) is 17.4 Å². The fourth-order valence-electron chi connectivity index (χ4n) is 1.96. The number of aliphatic carboxylic acids is 1.